The number of aromatic nitrogens is 1. The van der Waals surface area contributed by atoms with Crippen LogP contribution in [0, 0.1) is 6.92 Å². The van der Waals surface area contributed by atoms with Gasteiger partial charge >= 0.3 is 0 Å². The summed E-state index contributed by atoms with van der Waals surface area (Å²) in [4.78, 5) is 31.4. The largest absolute Gasteiger partial charge is 0.482 e. The van der Waals surface area contributed by atoms with E-state index in [0.717, 1.165) is 16.1 Å². The number of anilines is 2. The van der Waals surface area contributed by atoms with E-state index in [2.05, 4.69) is 10.3 Å². The fraction of sp³-hybridized carbons (Fsp3) is 0.150. The first-order valence-electron chi connectivity index (χ1n) is 8.51. The fourth-order valence-electron chi connectivity index (χ4n) is 2.95. The first kappa shape index (κ1) is 18.5. The van der Waals surface area contributed by atoms with E-state index in [1.807, 2.05) is 25.1 Å². The minimum atomic E-state index is -0.310. The number of benzene rings is 2. The number of amides is 2. The Hall–Kier alpha value is -2.90. The lowest BCUT2D eigenvalue weighted by Crippen LogP contribution is -2.35. The third-order valence-electron chi connectivity index (χ3n) is 4.45. The number of ether oxygens (including phenoxy) is 1. The van der Waals surface area contributed by atoms with Gasteiger partial charge in [-0.2, -0.15) is 0 Å². The Morgan fingerprint density at radius 2 is 2.07 bits per heavy atom. The van der Waals surface area contributed by atoms with Gasteiger partial charge in [0.2, 0.25) is 0 Å². The van der Waals surface area contributed by atoms with Crippen LogP contribution in [0.4, 0.5) is 10.8 Å². The number of thiazole rings is 1. The summed E-state index contributed by atoms with van der Waals surface area (Å²) in [6, 6.07) is 12.4. The Kier molecular flexibility index (Phi) is 4.78. The molecule has 142 valence electrons. The highest BCUT2D eigenvalue weighted by Crippen LogP contribution is 2.38. The number of carbonyl (C=O) groups excluding carboxylic acids is 2. The van der Waals surface area contributed by atoms with Crippen LogP contribution in [0.3, 0.4) is 0 Å². The maximum absolute atomic E-state index is 12.5. The van der Waals surface area contributed by atoms with Crippen LogP contribution in [0.1, 0.15) is 15.2 Å². The molecule has 0 saturated carbocycles. The summed E-state index contributed by atoms with van der Waals surface area (Å²) < 4.78 is 5.47. The number of nitrogens with zero attached hydrogens (tertiary/aromatic N) is 2. The number of rotatable bonds is 3. The van der Waals surface area contributed by atoms with Crippen molar-refractivity contribution in [2.24, 2.45) is 0 Å². The zero-order valence-electron chi connectivity index (χ0n) is 15.2. The van der Waals surface area contributed by atoms with Gasteiger partial charge in [0.1, 0.15) is 5.75 Å². The topological polar surface area (TPSA) is 71.5 Å². The second-order valence-corrected chi connectivity index (χ2v) is 7.89. The summed E-state index contributed by atoms with van der Waals surface area (Å²) >= 11 is 7.47. The lowest BCUT2D eigenvalue weighted by atomic mass is 10.1. The van der Waals surface area contributed by atoms with Gasteiger partial charge in [-0.3, -0.25) is 14.9 Å². The molecule has 0 radical (unpaired) electrons. The molecule has 0 atom stereocenters. The number of hydrogen-bond acceptors (Lipinski definition) is 5. The number of aryl methyl sites for hydroxylation is 1. The van der Waals surface area contributed by atoms with Gasteiger partial charge in [-0.05, 0) is 37.3 Å². The Morgan fingerprint density at radius 1 is 1.29 bits per heavy atom. The summed E-state index contributed by atoms with van der Waals surface area (Å²) in [6.45, 7) is 1.97. The summed E-state index contributed by atoms with van der Waals surface area (Å²) in [5.74, 6) is 0.244. The maximum Gasteiger partial charge on any atom is 0.264 e. The standard InChI is InChI=1S/C20H16ClN3O3S/c1-11-18(12-7-8-16-15(9-12)24(2)17(25)10-27-16)22-20(28-11)23-19(26)13-5-3-4-6-14(13)21/h3-9H,10H2,1-2H3,(H,22,23,26). The van der Waals surface area contributed by atoms with Crippen molar-refractivity contribution < 1.29 is 14.3 Å². The molecule has 3 aromatic rings. The molecular formula is C20H16ClN3O3S. The number of likely N-dealkylation sites (N-methyl/N-ethyl adjacent to an activating group) is 1. The summed E-state index contributed by atoms with van der Waals surface area (Å²) in [6.07, 6.45) is 0. The van der Waals surface area contributed by atoms with Crippen LogP contribution in [0.2, 0.25) is 5.02 Å². The Balaban J connectivity index is 1.63. The van der Waals surface area contributed by atoms with E-state index in [1.54, 1.807) is 36.2 Å². The van der Waals surface area contributed by atoms with Crippen molar-refractivity contribution in [2.45, 2.75) is 6.92 Å². The zero-order chi connectivity index (χ0) is 19.8. The van der Waals surface area contributed by atoms with E-state index >= 15 is 0 Å². The second kappa shape index (κ2) is 7.26. The molecule has 2 amide bonds. The molecule has 4 rings (SSSR count). The normalized spacial score (nSPS) is 13.1. The molecule has 0 spiro atoms. The Labute approximate surface area is 170 Å². The average Bonchev–Trinajstić information content (AvgIpc) is 3.05. The van der Waals surface area contributed by atoms with E-state index in [9.17, 15) is 9.59 Å². The molecule has 0 saturated heterocycles. The van der Waals surface area contributed by atoms with Crippen molar-refractivity contribution in [2.75, 3.05) is 23.9 Å². The van der Waals surface area contributed by atoms with Gasteiger partial charge in [0.05, 0.1) is 22.0 Å². The first-order valence-corrected chi connectivity index (χ1v) is 9.70. The van der Waals surface area contributed by atoms with E-state index < -0.39 is 0 Å². The van der Waals surface area contributed by atoms with Crippen LogP contribution >= 0.6 is 22.9 Å². The number of carbonyl (C=O) groups is 2. The Bertz CT molecular complexity index is 1100. The van der Waals surface area contributed by atoms with Gasteiger partial charge in [0.15, 0.2) is 11.7 Å². The molecular weight excluding hydrogens is 398 g/mol. The van der Waals surface area contributed by atoms with Crippen molar-refractivity contribution in [3.8, 4) is 17.0 Å². The van der Waals surface area contributed by atoms with Crippen LogP contribution in [-0.4, -0.2) is 30.5 Å². The second-order valence-electron chi connectivity index (χ2n) is 6.28. The molecule has 0 fully saturated rings. The predicted molar refractivity (Wildman–Crippen MR) is 111 cm³/mol. The quantitative estimate of drug-likeness (QED) is 0.691. The SMILES string of the molecule is Cc1sc(NC(=O)c2ccccc2Cl)nc1-c1ccc2c(c1)N(C)C(=O)CO2. The predicted octanol–water partition coefficient (Wildman–Crippen LogP) is 4.38. The maximum atomic E-state index is 12.5. The van der Waals surface area contributed by atoms with Crippen molar-refractivity contribution in [3.63, 3.8) is 0 Å². The summed E-state index contributed by atoms with van der Waals surface area (Å²) in [7, 11) is 1.72. The van der Waals surface area contributed by atoms with Crippen molar-refractivity contribution in [1.29, 1.82) is 0 Å². The lowest BCUT2D eigenvalue weighted by Gasteiger charge is -2.26. The highest BCUT2D eigenvalue weighted by atomic mass is 35.5. The molecule has 1 aliphatic rings. The molecule has 0 bridgehead atoms. The number of hydrogen-bond donors (Lipinski definition) is 1. The number of halogens is 1. The van der Waals surface area contributed by atoms with Crippen molar-refractivity contribution in [1.82, 2.24) is 4.98 Å². The van der Waals surface area contributed by atoms with Crippen LogP contribution < -0.4 is 15.0 Å². The van der Waals surface area contributed by atoms with E-state index in [0.29, 0.717) is 27.2 Å². The van der Waals surface area contributed by atoms with Crippen LogP contribution in [0.5, 0.6) is 5.75 Å². The molecule has 0 aliphatic carbocycles. The third kappa shape index (κ3) is 3.34. The minimum absolute atomic E-state index is 0.0385. The van der Waals surface area contributed by atoms with Gasteiger partial charge < -0.3 is 9.64 Å². The summed E-state index contributed by atoms with van der Waals surface area (Å²) in [5, 5.41) is 3.67. The first-order chi connectivity index (χ1) is 13.4. The molecule has 1 aliphatic heterocycles. The van der Waals surface area contributed by atoms with Crippen LogP contribution in [0.25, 0.3) is 11.3 Å². The van der Waals surface area contributed by atoms with Gasteiger partial charge in [-0.1, -0.05) is 23.7 Å². The van der Waals surface area contributed by atoms with Crippen molar-refractivity contribution in [3.05, 3.63) is 57.9 Å². The Morgan fingerprint density at radius 3 is 2.86 bits per heavy atom. The average molecular weight is 414 g/mol. The highest BCUT2D eigenvalue weighted by molar-refractivity contribution is 7.16. The minimum Gasteiger partial charge on any atom is -0.482 e. The molecule has 8 heteroatoms. The molecule has 28 heavy (non-hydrogen) atoms. The smallest absolute Gasteiger partial charge is 0.264 e. The van der Waals surface area contributed by atoms with Crippen LogP contribution in [0.15, 0.2) is 42.5 Å². The van der Waals surface area contributed by atoms with E-state index in [-0.39, 0.29) is 18.4 Å². The molecule has 6 nitrogen and oxygen atoms in total. The molecule has 2 aromatic carbocycles. The van der Waals surface area contributed by atoms with Gasteiger partial charge in [0.25, 0.3) is 11.8 Å². The van der Waals surface area contributed by atoms with Gasteiger partial charge in [-0.25, -0.2) is 4.98 Å². The monoisotopic (exact) mass is 413 g/mol. The molecule has 1 aromatic heterocycles. The molecule has 2 heterocycles. The van der Waals surface area contributed by atoms with E-state index in [1.165, 1.54) is 11.3 Å². The summed E-state index contributed by atoms with van der Waals surface area (Å²) in [5.41, 5.74) is 2.68. The van der Waals surface area contributed by atoms with Crippen molar-refractivity contribution >= 4 is 45.6 Å². The fourth-order valence-corrected chi connectivity index (χ4v) is 4.00. The number of nitrogens with one attached hydrogen (secondary N) is 1. The van der Waals surface area contributed by atoms with E-state index in [4.69, 9.17) is 16.3 Å². The van der Waals surface area contributed by atoms with Crippen LogP contribution in [-0.2, 0) is 4.79 Å². The zero-order valence-corrected chi connectivity index (χ0v) is 16.7. The third-order valence-corrected chi connectivity index (χ3v) is 5.67. The van der Waals surface area contributed by atoms with Gasteiger partial charge in [-0.15, -0.1) is 11.3 Å². The molecule has 0 unspecified atom stereocenters. The molecule has 1 N–H and O–H groups in total. The van der Waals surface area contributed by atoms with Gasteiger partial charge in [0, 0.05) is 17.5 Å². The highest BCUT2D eigenvalue weighted by Gasteiger charge is 2.23. The number of fused-ring (bicyclic) bond motifs is 1. The lowest BCUT2D eigenvalue weighted by molar-refractivity contribution is -0.120.